The number of hydrogen-bond donors (Lipinski definition) is 2. The van der Waals surface area contributed by atoms with Crippen molar-refractivity contribution >= 4 is 16.7 Å². The zero-order valence-electron chi connectivity index (χ0n) is 17.7. The van der Waals surface area contributed by atoms with Crippen LogP contribution < -0.4 is 4.74 Å². The van der Waals surface area contributed by atoms with Crippen molar-refractivity contribution in [2.75, 3.05) is 6.61 Å². The van der Waals surface area contributed by atoms with Gasteiger partial charge in [0.1, 0.15) is 23.0 Å². The molecule has 0 atom stereocenters. The predicted octanol–water partition coefficient (Wildman–Crippen LogP) is 6.21. The average molecular weight is 428 g/mol. The summed E-state index contributed by atoms with van der Waals surface area (Å²) in [6.07, 6.45) is 0.934. The molecule has 4 aromatic rings. The van der Waals surface area contributed by atoms with Crippen LogP contribution in [0.2, 0.25) is 0 Å². The molecule has 2 N–H and O–H groups in total. The molecule has 5 nitrogen and oxygen atoms in total. The molecule has 4 rings (SSSR count). The fourth-order valence-corrected chi connectivity index (χ4v) is 3.62. The van der Waals surface area contributed by atoms with Gasteiger partial charge in [0.15, 0.2) is 0 Å². The molecule has 0 amide bonds. The van der Waals surface area contributed by atoms with E-state index in [1.165, 1.54) is 0 Å². The van der Waals surface area contributed by atoms with E-state index >= 15 is 0 Å². The molecule has 0 radical (unpaired) electrons. The summed E-state index contributed by atoms with van der Waals surface area (Å²) in [5, 5.41) is 21.5. The maximum Gasteiger partial charge on any atom is 0.306 e. The van der Waals surface area contributed by atoms with E-state index in [4.69, 9.17) is 9.47 Å². The Labute approximate surface area is 186 Å². The largest absolute Gasteiger partial charge is 0.508 e. The number of aryl methyl sites for hydroxylation is 1. The minimum absolute atomic E-state index is 0.171. The summed E-state index contributed by atoms with van der Waals surface area (Å²) in [6, 6.07) is 23.6. The van der Waals surface area contributed by atoms with Gasteiger partial charge in [-0.15, -0.1) is 0 Å². The van der Waals surface area contributed by atoms with E-state index in [1.54, 1.807) is 37.3 Å². The summed E-state index contributed by atoms with van der Waals surface area (Å²) in [7, 11) is 0. The number of phenolic OH excluding ortho intramolecular Hbond substituents is 2. The van der Waals surface area contributed by atoms with Crippen molar-refractivity contribution in [3.63, 3.8) is 0 Å². The molecule has 0 fully saturated rings. The number of rotatable bonds is 7. The van der Waals surface area contributed by atoms with Crippen molar-refractivity contribution in [2.24, 2.45) is 0 Å². The highest BCUT2D eigenvalue weighted by molar-refractivity contribution is 5.96. The Morgan fingerprint density at radius 3 is 2.41 bits per heavy atom. The second kappa shape index (κ2) is 9.43. The monoisotopic (exact) mass is 428 g/mol. The third kappa shape index (κ3) is 4.83. The number of benzene rings is 4. The molecule has 32 heavy (non-hydrogen) atoms. The van der Waals surface area contributed by atoms with Gasteiger partial charge in [-0.25, -0.2) is 0 Å². The van der Waals surface area contributed by atoms with Crippen LogP contribution in [0.3, 0.4) is 0 Å². The maximum atomic E-state index is 11.6. The minimum atomic E-state index is -0.206. The van der Waals surface area contributed by atoms with Gasteiger partial charge in [-0.05, 0) is 78.4 Å². The molecule has 0 aliphatic carbocycles. The molecule has 0 spiro atoms. The average Bonchev–Trinajstić information content (AvgIpc) is 2.79. The fraction of sp³-hybridized carbons (Fsp3) is 0.148. The number of carbonyl (C=O) groups is 1. The van der Waals surface area contributed by atoms with E-state index in [1.807, 2.05) is 48.5 Å². The molecule has 0 unspecified atom stereocenters. The molecule has 0 heterocycles. The van der Waals surface area contributed by atoms with E-state index in [0.717, 1.165) is 27.5 Å². The van der Waals surface area contributed by atoms with E-state index in [0.29, 0.717) is 30.9 Å². The highest BCUT2D eigenvalue weighted by atomic mass is 16.5. The van der Waals surface area contributed by atoms with Crippen LogP contribution in [0.15, 0.2) is 78.9 Å². The van der Waals surface area contributed by atoms with Gasteiger partial charge in [0.2, 0.25) is 0 Å². The lowest BCUT2D eigenvalue weighted by atomic mass is 9.99. The molecular formula is C27H24O5. The summed E-state index contributed by atoms with van der Waals surface area (Å²) < 4.78 is 11.3. The first kappa shape index (κ1) is 21.2. The van der Waals surface area contributed by atoms with Gasteiger partial charge >= 0.3 is 5.97 Å². The number of carbonyl (C=O) groups excluding carboxylic acids is 1. The van der Waals surface area contributed by atoms with Crippen LogP contribution in [0.4, 0.5) is 0 Å². The minimum Gasteiger partial charge on any atom is -0.508 e. The predicted molar refractivity (Wildman–Crippen MR) is 124 cm³/mol. The van der Waals surface area contributed by atoms with E-state index < -0.39 is 0 Å². The number of esters is 1. The van der Waals surface area contributed by atoms with E-state index in [2.05, 4.69) is 0 Å². The SMILES string of the molecule is CCOC(=O)CCc1ccc(Oc2c(-c3cccc(O)c3)ccc3cc(O)ccc23)cc1. The zero-order valence-corrected chi connectivity index (χ0v) is 17.7. The van der Waals surface area contributed by atoms with E-state index in [9.17, 15) is 15.0 Å². The normalized spacial score (nSPS) is 10.8. The number of aromatic hydroxyl groups is 2. The van der Waals surface area contributed by atoms with Gasteiger partial charge in [-0.3, -0.25) is 4.79 Å². The Balaban J connectivity index is 1.67. The molecule has 0 aliphatic heterocycles. The maximum absolute atomic E-state index is 11.6. The summed E-state index contributed by atoms with van der Waals surface area (Å²) in [5.41, 5.74) is 2.66. The van der Waals surface area contributed by atoms with Crippen LogP contribution in [0.5, 0.6) is 23.0 Å². The first-order chi connectivity index (χ1) is 15.5. The summed E-state index contributed by atoms with van der Waals surface area (Å²) in [6.45, 7) is 2.18. The summed E-state index contributed by atoms with van der Waals surface area (Å²) >= 11 is 0. The third-order valence-corrected chi connectivity index (χ3v) is 5.18. The summed E-state index contributed by atoms with van der Waals surface area (Å²) in [4.78, 5) is 11.6. The quantitative estimate of drug-likeness (QED) is 0.343. The smallest absolute Gasteiger partial charge is 0.306 e. The molecule has 4 aromatic carbocycles. The number of ether oxygens (including phenoxy) is 2. The topological polar surface area (TPSA) is 76.0 Å². The van der Waals surface area contributed by atoms with Crippen LogP contribution in [-0.4, -0.2) is 22.8 Å². The number of phenols is 2. The molecule has 0 aromatic heterocycles. The Morgan fingerprint density at radius 2 is 1.66 bits per heavy atom. The highest BCUT2D eigenvalue weighted by Crippen LogP contribution is 2.41. The number of hydrogen-bond acceptors (Lipinski definition) is 5. The van der Waals surface area contributed by atoms with Gasteiger partial charge in [-0.1, -0.05) is 30.3 Å². The molecule has 0 saturated heterocycles. The van der Waals surface area contributed by atoms with Crippen LogP contribution >= 0.6 is 0 Å². The van der Waals surface area contributed by atoms with Crippen molar-refractivity contribution in [3.8, 4) is 34.1 Å². The van der Waals surface area contributed by atoms with Crippen LogP contribution in [-0.2, 0) is 16.0 Å². The first-order valence-corrected chi connectivity index (χ1v) is 10.5. The van der Waals surface area contributed by atoms with Crippen molar-refractivity contribution in [1.29, 1.82) is 0 Å². The van der Waals surface area contributed by atoms with Gasteiger partial charge in [-0.2, -0.15) is 0 Å². The van der Waals surface area contributed by atoms with Gasteiger partial charge in [0, 0.05) is 17.4 Å². The van der Waals surface area contributed by atoms with Crippen molar-refractivity contribution < 1.29 is 24.5 Å². The van der Waals surface area contributed by atoms with Crippen molar-refractivity contribution in [1.82, 2.24) is 0 Å². The van der Waals surface area contributed by atoms with E-state index in [-0.39, 0.29) is 17.5 Å². The molecule has 0 aliphatic rings. The Kier molecular flexibility index (Phi) is 6.26. The Hall–Kier alpha value is -3.99. The fourth-order valence-electron chi connectivity index (χ4n) is 3.62. The zero-order chi connectivity index (χ0) is 22.5. The van der Waals surface area contributed by atoms with Crippen LogP contribution in [0.25, 0.3) is 21.9 Å². The van der Waals surface area contributed by atoms with Crippen molar-refractivity contribution in [3.05, 3.63) is 84.4 Å². The molecule has 0 saturated carbocycles. The van der Waals surface area contributed by atoms with Crippen LogP contribution in [0, 0.1) is 0 Å². The first-order valence-electron chi connectivity index (χ1n) is 10.5. The molecule has 0 bridgehead atoms. The highest BCUT2D eigenvalue weighted by Gasteiger charge is 2.14. The van der Waals surface area contributed by atoms with Crippen molar-refractivity contribution in [2.45, 2.75) is 19.8 Å². The standard InChI is InChI=1S/C27H24O5/c1-2-31-26(30)15-8-18-6-11-23(12-7-18)32-27-24(19-4-3-5-21(28)16-19)13-9-20-17-22(29)10-14-25(20)27/h3-7,9-14,16-17,28-29H,2,8,15H2,1H3. The second-order valence-electron chi connectivity index (χ2n) is 7.45. The lowest BCUT2D eigenvalue weighted by Crippen LogP contribution is -2.05. The van der Waals surface area contributed by atoms with Gasteiger partial charge < -0.3 is 19.7 Å². The third-order valence-electron chi connectivity index (χ3n) is 5.18. The van der Waals surface area contributed by atoms with Crippen LogP contribution in [0.1, 0.15) is 18.9 Å². The molecule has 5 heteroatoms. The number of fused-ring (bicyclic) bond motifs is 1. The summed E-state index contributed by atoms with van der Waals surface area (Å²) in [5.74, 6) is 1.42. The van der Waals surface area contributed by atoms with Gasteiger partial charge in [0.05, 0.1) is 6.61 Å². The molecule has 162 valence electrons. The Bertz CT molecular complexity index is 1240. The lowest BCUT2D eigenvalue weighted by molar-refractivity contribution is -0.143. The molecular weight excluding hydrogens is 404 g/mol. The lowest BCUT2D eigenvalue weighted by Gasteiger charge is -2.15. The second-order valence-corrected chi connectivity index (χ2v) is 7.45. The van der Waals surface area contributed by atoms with Gasteiger partial charge in [0.25, 0.3) is 0 Å². The Morgan fingerprint density at radius 1 is 0.875 bits per heavy atom.